The van der Waals surface area contributed by atoms with Gasteiger partial charge in [-0.15, -0.1) is 0 Å². The maximum atomic E-state index is 6.01. The van der Waals surface area contributed by atoms with Gasteiger partial charge in [0.15, 0.2) is 0 Å². The molecule has 2 heterocycles. The molecule has 3 rings (SSSR count). The molecule has 1 aliphatic heterocycles. The Morgan fingerprint density at radius 3 is 3.05 bits per heavy atom. The fraction of sp³-hybridized carbons (Fsp3) is 0.438. The van der Waals surface area contributed by atoms with Crippen molar-refractivity contribution in [2.24, 2.45) is 5.92 Å². The van der Waals surface area contributed by atoms with Gasteiger partial charge < -0.3 is 16.0 Å². The molecule has 1 unspecified atom stereocenters. The molecule has 4 heteroatoms. The molecule has 1 saturated heterocycles. The van der Waals surface area contributed by atoms with Crippen LogP contribution in [-0.2, 0) is 0 Å². The van der Waals surface area contributed by atoms with E-state index in [1.54, 1.807) is 0 Å². The van der Waals surface area contributed by atoms with Crippen LogP contribution in [0.3, 0.4) is 0 Å². The molecule has 1 aromatic heterocycles. The molecule has 1 fully saturated rings. The molecule has 0 bridgehead atoms. The van der Waals surface area contributed by atoms with Gasteiger partial charge in [0.25, 0.3) is 0 Å². The quantitative estimate of drug-likeness (QED) is 0.838. The number of fused-ring (bicyclic) bond motifs is 1. The second-order valence-electron chi connectivity index (χ2n) is 5.55. The number of nitrogen functional groups attached to an aromatic ring is 1. The number of nitrogens with two attached hydrogens (primary N) is 1. The summed E-state index contributed by atoms with van der Waals surface area (Å²) in [4.78, 5) is 6.67. The van der Waals surface area contributed by atoms with Gasteiger partial charge >= 0.3 is 0 Å². The normalized spacial score (nSPS) is 19.6. The Labute approximate surface area is 120 Å². The van der Waals surface area contributed by atoms with Crippen molar-refractivity contribution in [2.75, 3.05) is 37.2 Å². The number of likely N-dealkylation sites (tertiary alicyclic amines) is 1. The van der Waals surface area contributed by atoms with Crippen molar-refractivity contribution in [1.29, 1.82) is 0 Å². The molecular formula is C16H22N4. The summed E-state index contributed by atoms with van der Waals surface area (Å²) < 4.78 is 0. The minimum absolute atomic E-state index is 0.740. The number of hydrogen-bond donors (Lipinski definition) is 2. The topological polar surface area (TPSA) is 54.2 Å². The molecule has 0 aliphatic carbocycles. The Bertz CT molecular complexity index is 596. The summed E-state index contributed by atoms with van der Waals surface area (Å²) in [7, 11) is 0. The zero-order valence-electron chi connectivity index (χ0n) is 12.0. The first kappa shape index (κ1) is 13.2. The largest absolute Gasteiger partial charge is 0.398 e. The van der Waals surface area contributed by atoms with Gasteiger partial charge in [-0.1, -0.05) is 6.92 Å². The maximum absolute atomic E-state index is 6.01. The Morgan fingerprint density at radius 1 is 1.35 bits per heavy atom. The number of benzene rings is 1. The van der Waals surface area contributed by atoms with E-state index in [-0.39, 0.29) is 0 Å². The maximum Gasteiger partial charge on any atom is 0.0422 e. The lowest BCUT2D eigenvalue weighted by Gasteiger charge is -2.16. The number of hydrogen-bond acceptors (Lipinski definition) is 4. The van der Waals surface area contributed by atoms with Gasteiger partial charge in [-0.3, -0.25) is 4.98 Å². The summed E-state index contributed by atoms with van der Waals surface area (Å²) in [6.07, 6.45) is 4.95. The van der Waals surface area contributed by atoms with Gasteiger partial charge in [0, 0.05) is 47.6 Å². The molecule has 1 atom stereocenters. The van der Waals surface area contributed by atoms with E-state index >= 15 is 0 Å². The Morgan fingerprint density at radius 2 is 2.25 bits per heavy atom. The highest BCUT2D eigenvalue weighted by atomic mass is 15.1. The third kappa shape index (κ3) is 2.56. The predicted octanol–water partition coefficient (Wildman–Crippen LogP) is 2.57. The predicted molar refractivity (Wildman–Crippen MR) is 84.9 cm³/mol. The molecule has 0 saturated carbocycles. The third-order valence-electron chi connectivity index (χ3n) is 4.25. The molecule has 0 amide bonds. The summed E-state index contributed by atoms with van der Waals surface area (Å²) in [5.41, 5.74) is 7.95. The second-order valence-corrected chi connectivity index (χ2v) is 5.55. The van der Waals surface area contributed by atoms with E-state index < -0.39 is 0 Å². The van der Waals surface area contributed by atoms with Crippen LogP contribution in [0.2, 0.25) is 0 Å². The van der Waals surface area contributed by atoms with E-state index in [1.807, 2.05) is 24.5 Å². The van der Waals surface area contributed by atoms with E-state index in [0.717, 1.165) is 41.2 Å². The molecule has 20 heavy (non-hydrogen) atoms. The van der Waals surface area contributed by atoms with Crippen molar-refractivity contribution in [1.82, 2.24) is 9.88 Å². The van der Waals surface area contributed by atoms with Crippen molar-refractivity contribution in [3.63, 3.8) is 0 Å². The van der Waals surface area contributed by atoms with Crippen LogP contribution in [0, 0.1) is 5.92 Å². The lowest BCUT2D eigenvalue weighted by molar-refractivity contribution is 0.345. The average Bonchev–Trinajstić information content (AvgIpc) is 2.95. The van der Waals surface area contributed by atoms with Crippen molar-refractivity contribution in [3.05, 3.63) is 30.6 Å². The average molecular weight is 270 g/mol. The van der Waals surface area contributed by atoms with Crippen LogP contribution in [0.5, 0.6) is 0 Å². The van der Waals surface area contributed by atoms with Crippen LogP contribution in [0.1, 0.15) is 13.3 Å². The number of rotatable bonds is 4. The third-order valence-corrected chi connectivity index (χ3v) is 4.25. The lowest BCUT2D eigenvalue weighted by atomic mass is 10.1. The molecule has 1 aliphatic rings. The Balaban J connectivity index is 1.74. The highest BCUT2D eigenvalue weighted by Crippen LogP contribution is 2.28. The number of nitrogens with one attached hydrogen (secondary N) is 1. The summed E-state index contributed by atoms with van der Waals surface area (Å²) in [6, 6.07) is 6.06. The zero-order valence-corrected chi connectivity index (χ0v) is 12.0. The van der Waals surface area contributed by atoms with Gasteiger partial charge in [-0.2, -0.15) is 0 Å². The van der Waals surface area contributed by atoms with Crippen LogP contribution in [0.4, 0.5) is 11.4 Å². The SMILES string of the molecule is CCN1CCC(CNc2ccc(N)c3cnccc23)C1. The van der Waals surface area contributed by atoms with Crippen LogP contribution in [-0.4, -0.2) is 36.1 Å². The van der Waals surface area contributed by atoms with Gasteiger partial charge in [0.05, 0.1) is 0 Å². The molecular weight excluding hydrogens is 248 g/mol. The molecule has 0 radical (unpaired) electrons. The number of pyridine rings is 1. The van der Waals surface area contributed by atoms with E-state index in [1.165, 1.54) is 19.5 Å². The molecule has 106 valence electrons. The van der Waals surface area contributed by atoms with Gasteiger partial charge in [-0.05, 0) is 43.6 Å². The van der Waals surface area contributed by atoms with Gasteiger partial charge in [0.2, 0.25) is 0 Å². The van der Waals surface area contributed by atoms with Gasteiger partial charge in [0.1, 0.15) is 0 Å². The fourth-order valence-electron chi connectivity index (χ4n) is 2.99. The smallest absolute Gasteiger partial charge is 0.0422 e. The highest BCUT2D eigenvalue weighted by molar-refractivity contribution is 6.00. The summed E-state index contributed by atoms with van der Waals surface area (Å²) in [5.74, 6) is 0.740. The van der Waals surface area contributed by atoms with E-state index in [2.05, 4.69) is 28.2 Å². The highest BCUT2D eigenvalue weighted by Gasteiger charge is 2.20. The van der Waals surface area contributed by atoms with Crippen molar-refractivity contribution < 1.29 is 0 Å². The summed E-state index contributed by atoms with van der Waals surface area (Å²) in [6.45, 7) is 6.86. The molecule has 0 spiro atoms. The van der Waals surface area contributed by atoms with Crippen LogP contribution < -0.4 is 11.1 Å². The lowest BCUT2D eigenvalue weighted by Crippen LogP contribution is -2.22. The molecule has 1 aromatic carbocycles. The van der Waals surface area contributed by atoms with Crippen molar-refractivity contribution >= 4 is 22.1 Å². The van der Waals surface area contributed by atoms with Gasteiger partial charge in [-0.25, -0.2) is 0 Å². The first-order chi connectivity index (χ1) is 9.78. The summed E-state index contributed by atoms with van der Waals surface area (Å²) >= 11 is 0. The van der Waals surface area contributed by atoms with Crippen molar-refractivity contribution in [3.8, 4) is 0 Å². The molecule has 2 aromatic rings. The molecule has 4 nitrogen and oxygen atoms in total. The number of aromatic nitrogens is 1. The minimum Gasteiger partial charge on any atom is -0.398 e. The van der Waals surface area contributed by atoms with Crippen LogP contribution in [0.25, 0.3) is 10.8 Å². The number of anilines is 2. The first-order valence-electron chi connectivity index (χ1n) is 7.36. The molecule has 3 N–H and O–H groups in total. The van der Waals surface area contributed by atoms with Crippen molar-refractivity contribution in [2.45, 2.75) is 13.3 Å². The first-order valence-corrected chi connectivity index (χ1v) is 7.36. The van der Waals surface area contributed by atoms with Crippen LogP contribution in [0.15, 0.2) is 30.6 Å². The number of nitrogens with zero attached hydrogens (tertiary/aromatic N) is 2. The van der Waals surface area contributed by atoms with E-state index in [4.69, 9.17) is 5.73 Å². The monoisotopic (exact) mass is 270 g/mol. The second kappa shape index (κ2) is 5.67. The Kier molecular flexibility index (Phi) is 3.74. The van der Waals surface area contributed by atoms with E-state index in [9.17, 15) is 0 Å². The summed E-state index contributed by atoms with van der Waals surface area (Å²) in [5, 5.41) is 5.78. The standard InChI is InChI=1S/C16H22N4/c1-2-20-8-6-12(11-20)9-19-16-4-3-15(17)14-10-18-7-5-13(14)16/h3-5,7,10,12,19H,2,6,8-9,11,17H2,1H3. The van der Waals surface area contributed by atoms with E-state index in [0.29, 0.717) is 0 Å². The zero-order chi connectivity index (χ0) is 13.9. The minimum atomic E-state index is 0.740. The fourth-order valence-corrected chi connectivity index (χ4v) is 2.99. The van der Waals surface area contributed by atoms with Crippen LogP contribution >= 0.6 is 0 Å². The Hall–Kier alpha value is -1.81.